The molecule has 1 saturated carbocycles. The van der Waals surface area contributed by atoms with Crippen molar-refractivity contribution >= 4 is 39.2 Å². The number of anilines is 1. The number of piperazine rings is 1. The van der Waals surface area contributed by atoms with Crippen molar-refractivity contribution in [2.45, 2.75) is 37.8 Å². The average molecular weight is 571 g/mol. The van der Waals surface area contributed by atoms with E-state index in [1.165, 1.54) is 25.7 Å². The predicted octanol–water partition coefficient (Wildman–Crippen LogP) is 4.93. The molecule has 41 heavy (non-hydrogen) atoms. The van der Waals surface area contributed by atoms with Crippen LogP contribution in [-0.2, 0) is 4.74 Å². The molecule has 3 aliphatic heterocycles. The lowest BCUT2D eigenvalue weighted by Crippen LogP contribution is -2.51. The first-order chi connectivity index (χ1) is 20.1. The molecule has 0 spiro atoms. The molecule has 2 aromatic heterocycles. The van der Waals surface area contributed by atoms with Crippen LogP contribution in [0, 0.1) is 5.41 Å². The number of pyridine rings is 1. The van der Waals surface area contributed by atoms with Crippen LogP contribution in [0.25, 0.3) is 32.9 Å². The second kappa shape index (κ2) is 10.3. The number of rotatable bonds is 7. The number of ether oxygens (including phenoxy) is 2. The van der Waals surface area contributed by atoms with Crippen LogP contribution in [0.2, 0.25) is 5.02 Å². The Morgan fingerprint density at radius 1 is 1.02 bits per heavy atom. The summed E-state index contributed by atoms with van der Waals surface area (Å²) in [5, 5.41) is 6.60. The Labute approximate surface area is 245 Å². The molecule has 2 atom stereocenters. The fraction of sp³-hybridized carbons (Fsp3) is 0.469. The highest BCUT2D eigenvalue weighted by Crippen LogP contribution is 2.46. The van der Waals surface area contributed by atoms with Gasteiger partial charge in [-0.3, -0.25) is 9.88 Å². The van der Waals surface area contributed by atoms with Gasteiger partial charge in [0.25, 0.3) is 0 Å². The third kappa shape index (κ3) is 5.01. The summed E-state index contributed by atoms with van der Waals surface area (Å²) < 4.78 is 12.0. The van der Waals surface area contributed by atoms with Crippen LogP contribution >= 0.6 is 11.6 Å². The van der Waals surface area contributed by atoms with Crippen LogP contribution in [0.3, 0.4) is 0 Å². The first-order valence-electron chi connectivity index (χ1n) is 14.9. The average Bonchev–Trinajstić information content (AvgIpc) is 3.69. The molecular formula is C32H35ClN6O2. The van der Waals surface area contributed by atoms with Crippen molar-refractivity contribution in [3.05, 3.63) is 53.7 Å². The number of fused-ring (bicyclic) bond motifs is 4. The number of morpholine rings is 1. The van der Waals surface area contributed by atoms with Gasteiger partial charge in [-0.15, -0.1) is 0 Å². The van der Waals surface area contributed by atoms with Gasteiger partial charge in [0, 0.05) is 72.4 Å². The highest BCUT2D eigenvalue weighted by molar-refractivity contribution is 6.36. The van der Waals surface area contributed by atoms with Crippen LogP contribution in [-0.4, -0.2) is 84.5 Å². The van der Waals surface area contributed by atoms with Crippen LogP contribution in [0.5, 0.6) is 6.01 Å². The predicted molar refractivity (Wildman–Crippen MR) is 162 cm³/mol. The van der Waals surface area contributed by atoms with Gasteiger partial charge < -0.3 is 19.7 Å². The Balaban J connectivity index is 1.16. The van der Waals surface area contributed by atoms with E-state index in [4.69, 9.17) is 36.0 Å². The van der Waals surface area contributed by atoms with Crippen molar-refractivity contribution in [1.29, 1.82) is 0 Å². The lowest BCUT2D eigenvalue weighted by Gasteiger charge is -2.34. The van der Waals surface area contributed by atoms with Crippen LogP contribution in [0.1, 0.15) is 25.7 Å². The SMILES string of the molecule is Clc1cccc2cccc(-c3cnc4c(N5CC6CCC(C5)N6)nc(OCC5(CN6CCOCC6)CC5)nc4c3)c12. The number of hydrogen-bond donors (Lipinski definition) is 1. The van der Waals surface area contributed by atoms with Crippen LogP contribution in [0.4, 0.5) is 5.82 Å². The quantitative estimate of drug-likeness (QED) is 0.335. The van der Waals surface area contributed by atoms with Gasteiger partial charge in [0.15, 0.2) is 5.82 Å². The van der Waals surface area contributed by atoms with E-state index < -0.39 is 0 Å². The smallest absolute Gasteiger partial charge is 0.319 e. The maximum absolute atomic E-state index is 6.69. The Morgan fingerprint density at radius 2 is 1.80 bits per heavy atom. The Morgan fingerprint density at radius 3 is 2.59 bits per heavy atom. The third-order valence-corrected chi connectivity index (χ3v) is 9.62. The molecule has 2 aromatic carbocycles. The summed E-state index contributed by atoms with van der Waals surface area (Å²) in [6.07, 6.45) is 6.71. The minimum absolute atomic E-state index is 0.184. The maximum Gasteiger partial charge on any atom is 0.319 e. The topological polar surface area (TPSA) is 75.6 Å². The van der Waals surface area contributed by atoms with Gasteiger partial charge in [0.2, 0.25) is 0 Å². The first kappa shape index (κ1) is 25.7. The van der Waals surface area contributed by atoms with E-state index in [0.717, 1.165) is 89.7 Å². The number of aromatic nitrogens is 3. The summed E-state index contributed by atoms with van der Waals surface area (Å²) in [4.78, 5) is 19.8. The number of hydrogen-bond acceptors (Lipinski definition) is 8. The molecule has 8 nitrogen and oxygen atoms in total. The number of nitrogens with zero attached hydrogens (tertiary/aromatic N) is 5. The normalized spacial score (nSPS) is 23.8. The Hall–Kier alpha value is -3.04. The van der Waals surface area contributed by atoms with Crippen molar-refractivity contribution < 1.29 is 9.47 Å². The fourth-order valence-electron chi connectivity index (χ4n) is 6.90. The van der Waals surface area contributed by atoms with E-state index in [2.05, 4.69) is 45.4 Å². The highest BCUT2D eigenvalue weighted by Gasteiger charge is 2.45. The zero-order valence-electron chi connectivity index (χ0n) is 23.2. The summed E-state index contributed by atoms with van der Waals surface area (Å²) in [7, 11) is 0. The van der Waals surface area contributed by atoms with Crippen molar-refractivity contribution in [2.75, 3.05) is 57.4 Å². The highest BCUT2D eigenvalue weighted by atomic mass is 35.5. The number of halogens is 1. The van der Waals surface area contributed by atoms with Crippen molar-refractivity contribution in [3.63, 3.8) is 0 Å². The minimum Gasteiger partial charge on any atom is -0.463 e. The summed E-state index contributed by atoms with van der Waals surface area (Å²) >= 11 is 6.69. The molecule has 4 aromatic rings. The zero-order valence-corrected chi connectivity index (χ0v) is 23.9. The second-order valence-corrected chi connectivity index (χ2v) is 12.7. The molecule has 2 unspecified atom stereocenters. The van der Waals surface area contributed by atoms with E-state index in [0.29, 0.717) is 24.7 Å². The molecule has 0 amide bonds. The molecule has 4 aliphatic rings. The standard InChI is InChI=1S/C32H35ClN6O2/c33-26-6-2-4-21-3-1-5-25(28(21)26)22-15-27-29(34-16-22)30(39-17-23-7-8-24(18-39)35-23)37-31(36-27)41-20-32(9-10-32)19-38-11-13-40-14-12-38/h1-6,15-16,23-24,35H,7-14,17-20H2. The van der Waals surface area contributed by atoms with E-state index in [1.807, 2.05) is 18.3 Å². The van der Waals surface area contributed by atoms with E-state index in [-0.39, 0.29) is 5.41 Å². The molecular weight excluding hydrogens is 536 g/mol. The summed E-state index contributed by atoms with van der Waals surface area (Å²) in [6.45, 7) is 7.15. The molecule has 1 aliphatic carbocycles. The Bertz CT molecular complexity index is 1590. The fourth-order valence-corrected chi connectivity index (χ4v) is 7.18. The van der Waals surface area contributed by atoms with Crippen molar-refractivity contribution in [3.8, 4) is 17.1 Å². The molecule has 9 heteroatoms. The minimum atomic E-state index is 0.184. The lowest BCUT2D eigenvalue weighted by molar-refractivity contribution is 0.0231. The monoisotopic (exact) mass is 570 g/mol. The molecule has 1 N–H and O–H groups in total. The largest absolute Gasteiger partial charge is 0.463 e. The summed E-state index contributed by atoms with van der Waals surface area (Å²) in [6, 6.07) is 15.8. The molecule has 212 valence electrons. The maximum atomic E-state index is 6.69. The first-order valence-corrected chi connectivity index (χ1v) is 15.3. The summed E-state index contributed by atoms with van der Waals surface area (Å²) in [5.41, 5.74) is 3.84. The van der Waals surface area contributed by atoms with E-state index in [9.17, 15) is 0 Å². The second-order valence-electron chi connectivity index (χ2n) is 12.3. The Kier molecular flexibility index (Phi) is 6.47. The molecule has 4 fully saturated rings. The van der Waals surface area contributed by atoms with Gasteiger partial charge in [-0.25, -0.2) is 0 Å². The molecule has 0 radical (unpaired) electrons. The van der Waals surface area contributed by atoms with E-state index in [1.54, 1.807) is 0 Å². The van der Waals surface area contributed by atoms with Gasteiger partial charge in [0.1, 0.15) is 5.52 Å². The molecule has 2 bridgehead atoms. The van der Waals surface area contributed by atoms with Gasteiger partial charge in [-0.1, -0.05) is 41.9 Å². The van der Waals surface area contributed by atoms with Gasteiger partial charge in [0.05, 0.1) is 25.3 Å². The van der Waals surface area contributed by atoms with Crippen molar-refractivity contribution in [2.24, 2.45) is 5.41 Å². The third-order valence-electron chi connectivity index (χ3n) is 9.31. The molecule has 5 heterocycles. The molecule has 8 rings (SSSR count). The van der Waals surface area contributed by atoms with Crippen LogP contribution in [0.15, 0.2) is 48.7 Å². The van der Waals surface area contributed by atoms with Crippen LogP contribution < -0.4 is 15.0 Å². The number of benzene rings is 2. The molecule has 3 saturated heterocycles. The van der Waals surface area contributed by atoms with Gasteiger partial charge in [-0.05, 0) is 48.8 Å². The zero-order chi connectivity index (χ0) is 27.4. The van der Waals surface area contributed by atoms with Gasteiger partial charge >= 0.3 is 6.01 Å². The van der Waals surface area contributed by atoms with Crippen molar-refractivity contribution in [1.82, 2.24) is 25.2 Å². The lowest BCUT2D eigenvalue weighted by atomic mass is 9.99. The summed E-state index contributed by atoms with van der Waals surface area (Å²) in [5.74, 6) is 0.879. The van der Waals surface area contributed by atoms with E-state index >= 15 is 0 Å². The number of nitrogens with one attached hydrogen (secondary N) is 1. The van der Waals surface area contributed by atoms with Gasteiger partial charge in [-0.2, -0.15) is 9.97 Å².